The second-order valence-corrected chi connectivity index (χ2v) is 5.24. The van der Waals surface area contributed by atoms with Gasteiger partial charge in [-0.1, -0.05) is 0 Å². The fourth-order valence-electron chi connectivity index (χ4n) is 1.50. The van der Waals surface area contributed by atoms with E-state index in [0.717, 1.165) is 13.1 Å². The van der Waals surface area contributed by atoms with Gasteiger partial charge in [0.05, 0.1) is 6.04 Å². The average molecular weight is 191 g/mol. The molecule has 5 nitrogen and oxygen atoms in total. The third-order valence-electron chi connectivity index (χ3n) is 2.49. The fourth-order valence-corrected chi connectivity index (χ4v) is 3.01. The molecule has 2 saturated heterocycles. The van der Waals surface area contributed by atoms with Gasteiger partial charge in [0.2, 0.25) is 0 Å². The van der Waals surface area contributed by atoms with E-state index in [2.05, 4.69) is 5.32 Å². The zero-order chi connectivity index (χ0) is 8.77. The molecule has 2 rings (SSSR count). The number of hydrogen-bond acceptors (Lipinski definition) is 3. The molecule has 0 aromatic heterocycles. The largest absolute Gasteiger partial charge is 0.313 e. The summed E-state index contributed by atoms with van der Waals surface area (Å²) in [5.41, 5.74) is 0. The number of hydrogen-bond donors (Lipinski definition) is 1. The van der Waals surface area contributed by atoms with E-state index >= 15 is 0 Å². The van der Waals surface area contributed by atoms with Gasteiger partial charge in [-0.3, -0.25) is 0 Å². The van der Waals surface area contributed by atoms with Crippen LogP contribution in [0.1, 0.15) is 0 Å². The molecular formula is C6H13N3O2S. The van der Waals surface area contributed by atoms with Crippen molar-refractivity contribution in [3.05, 3.63) is 0 Å². The molecule has 2 aliphatic heterocycles. The van der Waals surface area contributed by atoms with Crippen LogP contribution in [0.15, 0.2) is 0 Å². The lowest BCUT2D eigenvalue weighted by Crippen LogP contribution is -2.57. The topological polar surface area (TPSA) is 52.6 Å². The summed E-state index contributed by atoms with van der Waals surface area (Å²) in [7, 11) is -1.47. The van der Waals surface area contributed by atoms with Crippen molar-refractivity contribution in [3.63, 3.8) is 0 Å². The van der Waals surface area contributed by atoms with Crippen LogP contribution in [0.3, 0.4) is 0 Å². The van der Waals surface area contributed by atoms with Gasteiger partial charge < -0.3 is 5.32 Å². The highest BCUT2D eigenvalue weighted by atomic mass is 32.2. The molecule has 2 fully saturated rings. The number of nitrogens with one attached hydrogen (secondary N) is 1. The molecule has 0 spiro atoms. The predicted molar refractivity (Wildman–Crippen MR) is 44.9 cm³/mol. The third kappa shape index (κ3) is 1.06. The second-order valence-electron chi connectivity index (χ2n) is 3.25. The lowest BCUT2D eigenvalue weighted by Gasteiger charge is -2.33. The molecule has 70 valence electrons. The van der Waals surface area contributed by atoms with Crippen LogP contribution in [-0.4, -0.2) is 56.3 Å². The van der Waals surface area contributed by atoms with Crippen molar-refractivity contribution in [2.45, 2.75) is 6.04 Å². The maximum atomic E-state index is 11.6. The zero-order valence-corrected chi connectivity index (χ0v) is 7.84. The summed E-state index contributed by atoms with van der Waals surface area (Å²) < 4.78 is 26.1. The third-order valence-corrected chi connectivity index (χ3v) is 4.54. The van der Waals surface area contributed by atoms with Crippen LogP contribution in [0.5, 0.6) is 0 Å². The first-order valence-corrected chi connectivity index (χ1v) is 5.46. The lowest BCUT2D eigenvalue weighted by atomic mass is 10.2. The van der Waals surface area contributed by atoms with E-state index in [1.54, 1.807) is 11.4 Å². The Morgan fingerprint density at radius 1 is 1.33 bits per heavy atom. The quantitative estimate of drug-likeness (QED) is 0.546. The Morgan fingerprint density at radius 2 is 2.00 bits per heavy atom. The molecule has 0 bridgehead atoms. The molecule has 0 saturated carbocycles. The van der Waals surface area contributed by atoms with Crippen LogP contribution in [0.2, 0.25) is 0 Å². The zero-order valence-electron chi connectivity index (χ0n) is 7.02. The molecule has 12 heavy (non-hydrogen) atoms. The maximum Gasteiger partial charge on any atom is 0.282 e. The standard InChI is InChI=1S/C6H13N3O2S/c1-8-2-3-9(12(8,10)11)6-4-7-5-6/h6-7H,2-5H2,1H3. The Balaban J connectivity index is 2.17. The molecule has 0 amide bonds. The summed E-state index contributed by atoms with van der Waals surface area (Å²) in [6, 6.07) is 0.194. The molecule has 0 aliphatic carbocycles. The predicted octanol–water partition coefficient (Wildman–Crippen LogP) is -1.55. The first-order valence-electron chi connectivity index (χ1n) is 4.06. The van der Waals surface area contributed by atoms with Crippen molar-refractivity contribution in [2.75, 3.05) is 33.2 Å². The molecule has 6 heteroatoms. The Morgan fingerprint density at radius 3 is 2.33 bits per heavy atom. The molecule has 0 aromatic rings. The molecular weight excluding hydrogens is 178 g/mol. The van der Waals surface area contributed by atoms with E-state index in [1.165, 1.54) is 4.31 Å². The first kappa shape index (κ1) is 8.43. The minimum Gasteiger partial charge on any atom is -0.313 e. The van der Waals surface area contributed by atoms with E-state index in [0.29, 0.717) is 13.1 Å². The Kier molecular flexibility index (Phi) is 1.87. The van der Waals surface area contributed by atoms with Gasteiger partial charge in [0.15, 0.2) is 0 Å². The van der Waals surface area contributed by atoms with Crippen LogP contribution >= 0.6 is 0 Å². The normalized spacial score (nSPS) is 32.1. The van der Waals surface area contributed by atoms with Gasteiger partial charge in [-0.25, -0.2) is 0 Å². The Labute approximate surface area is 72.5 Å². The second kappa shape index (κ2) is 2.66. The van der Waals surface area contributed by atoms with Crippen molar-refractivity contribution in [2.24, 2.45) is 0 Å². The molecule has 0 unspecified atom stereocenters. The lowest BCUT2D eigenvalue weighted by molar-refractivity contribution is 0.258. The summed E-state index contributed by atoms with van der Waals surface area (Å²) in [5.74, 6) is 0. The number of rotatable bonds is 1. The van der Waals surface area contributed by atoms with Gasteiger partial charge in [0, 0.05) is 33.2 Å². The van der Waals surface area contributed by atoms with Crippen molar-refractivity contribution in [1.82, 2.24) is 13.9 Å². The monoisotopic (exact) mass is 191 g/mol. The van der Waals surface area contributed by atoms with Gasteiger partial charge in [0.25, 0.3) is 10.2 Å². The van der Waals surface area contributed by atoms with E-state index in [-0.39, 0.29) is 6.04 Å². The van der Waals surface area contributed by atoms with Crippen LogP contribution in [0.4, 0.5) is 0 Å². The number of likely N-dealkylation sites (N-methyl/N-ethyl adjacent to an activating group) is 1. The molecule has 0 atom stereocenters. The fraction of sp³-hybridized carbons (Fsp3) is 1.00. The Bertz CT molecular complexity index is 273. The van der Waals surface area contributed by atoms with E-state index in [4.69, 9.17) is 0 Å². The summed E-state index contributed by atoms with van der Waals surface area (Å²) in [4.78, 5) is 0. The van der Waals surface area contributed by atoms with Crippen LogP contribution in [-0.2, 0) is 10.2 Å². The van der Waals surface area contributed by atoms with Gasteiger partial charge in [-0.15, -0.1) is 0 Å². The smallest absolute Gasteiger partial charge is 0.282 e. The SMILES string of the molecule is CN1CCN(C2CNC2)S1(=O)=O. The first-order chi connectivity index (χ1) is 5.62. The molecule has 0 aromatic carbocycles. The van der Waals surface area contributed by atoms with E-state index in [9.17, 15) is 8.42 Å². The maximum absolute atomic E-state index is 11.6. The van der Waals surface area contributed by atoms with Gasteiger partial charge in [-0.05, 0) is 0 Å². The summed E-state index contributed by atoms with van der Waals surface area (Å²) in [6.45, 7) is 2.87. The minimum atomic E-state index is -3.10. The van der Waals surface area contributed by atoms with Crippen LogP contribution in [0.25, 0.3) is 0 Å². The number of nitrogens with zero attached hydrogens (tertiary/aromatic N) is 2. The van der Waals surface area contributed by atoms with Crippen LogP contribution < -0.4 is 5.32 Å². The molecule has 2 heterocycles. The minimum absolute atomic E-state index is 0.194. The molecule has 0 radical (unpaired) electrons. The van der Waals surface area contributed by atoms with E-state index < -0.39 is 10.2 Å². The summed E-state index contributed by atoms with van der Waals surface area (Å²) in [5, 5.41) is 3.07. The van der Waals surface area contributed by atoms with E-state index in [1.807, 2.05) is 0 Å². The highest BCUT2D eigenvalue weighted by Crippen LogP contribution is 2.19. The van der Waals surface area contributed by atoms with Crippen molar-refractivity contribution in [3.8, 4) is 0 Å². The highest BCUT2D eigenvalue weighted by Gasteiger charge is 2.40. The van der Waals surface area contributed by atoms with Crippen molar-refractivity contribution in [1.29, 1.82) is 0 Å². The van der Waals surface area contributed by atoms with Crippen molar-refractivity contribution >= 4 is 10.2 Å². The molecule has 2 aliphatic rings. The van der Waals surface area contributed by atoms with Gasteiger partial charge in [-0.2, -0.15) is 17.0 Å². The Hall–Kier alpha value is -0.170. The summed E-state index contributed by atoms with van der Waals surface area (Å²) >= 11 is 0. The summed E-state index contributed by atoms with van der Waals surface area (Å²) in [6.07, 6.45) is 0. The van der Waals surface area contributed by atoms with Gasteiger partial charge in [0.1, 0.15) is 0 Å². The average Bonchev–Trinajstić information content (AvgIpc) is 2.12. The highest BCUT2D eigenvalue weighted by molar-refractivity contribution is 7.87. The van der Waals surface area contributed by atoms with Crippen LogP contribution in [0, 0.1) is 0 Å². The van der Waals surface area contributed by atoms with Crippen molar-refractivity contribution < 1.29 is 8.42 Å². The molecule has 1 N–H and O–H groups in total. The van der Waals surface area contributed by atoms with Gasteiger partial charge >= 0.3 is 0 Å².